The second-order valence-electron chi connectivity index (χ2n) is 5.43. The van der Waals surface area contributed by atoms with Crippen molar-refractivity contribution in [2.75, 3.05) is 19.8 Å². The van der Waals surface area contributed by atoms with Crippen molar-refractivity contribution in [3.63, 3.8) is 0 Å². The van der Waals surface area contributed by atoms with Gasteiger partial charge in [0.05, 0.1) is 12.0 Å². The van der Waals surface area contributed by atoms with Crippen molar-refractivity contribution in [1.82, 2.24) is 5.32 Å². The van der Waals surface area contributed by atoms with Gasteiger partial charge in [0.15, 0.2) is 0 Å². The quantitative estimate of drug-likeness (QED) is 0.776. The van der Waals surface area contributed by atoms with Crippen LogP contribution in [0.1, 0.15) is 29.6 Å². The van der Waals surface area contributed by atoms with E-state index in [0.717, 1.165) is 0 Å². The topological polar surface area (TPSA) is 84.9 Å². The third kappa shape index (κ3) is 4.73. The molecule has 0 aliphatic carbocycles. The molecule has 0 unspecified atom stereocenters. The van der Waals surface area contributed by atoms with E-state index in [4.69, 9.17) is 21.0 Å². The highest BCUT2D eigenvalue weighted by Gasteiger charge is 2.36. The Bertz CT molecular complexity index is 596. The van der Waals surface area contributed by atoms with Gasteiger partial charge in [0.2, 0.25) is 0 Å². The van der Waals surface area contributed by atoms with E-state index in [9.17, 15) is 9.59 Å². The van der Waals surface area contributed by atoms with E-state index in [1.54, 1.807) is 24.3 Å². The zero-order valence-electron chi connectivity index (χ0n) is 12.7. The first kappa shape index (κ1) is 16.8. The SMILES string of the molecule is C#CCOc1ccc(C(=O)NC2(CC(=O)O)CCOCC2)cc1. The second-order valence-corrected chi connectivity index (χ2v) is 5.43. The summed E-state index contributed by atoms with van der Waals surface area (Å²) in [4.78, 5) is 23.5. The molecule has 1 fully saturated rings. The summed E-state index contributed by atoms with van der Waals surface area (Å²) in [5.74, 6) is 1.69. The summed E-state index contributed by atoms with van der Waals surface area (Å²) in [5.41, 5.74) is -0.325. The minimum atomic E-state index is -0.940. The minimum absolute atomic E-state index is 0.120. The van der Waals surface area contributed by atoms with Crippen molar-refractivity contribution in [2.45, 2.75) is 24.8 Å². The van der Waals surface area contributed by atoms with Crippen LogP contribution < -0.4 is 10.1 Å². The molecule has 0 aromatic heterocycles. The molecule has 0 atom stereocenters. The van der Waals surface area contributed by atoms with Crippen LogP contribution in [0, 0.1) is 12.3 Å². The number of hydrogen-bond acceptors (Lipinski definition) is 4. The van der Waals surface area contributed by atoms with E-state index in [-0.39, 0.29) is 18.9 Å². The van der Waals surface area contributed by atoms with Crippen LogP contribution in [0.2, 0.25) is 0 Å². The fraction of sp³-hybridized carbons (Fsp3) is 0.412. The molecule has 2 N–H and O–H groups in total. The summed E-state index contributed by atoms with van der Waals surface area (Å²) in [6.45, 7) is 1.03. The van der Waals surface area contributed by atoms with Crippen LogP contribution in [0.15, 0.2) is 24.3 Å². The molecule has 0 saturated carbocycles. The number of benzene rings is 1. The number of nitrogens with one attached hydrogen (secondary N) is 1. The van der Waals surface area contributed by atoms with Crippen molar-refractivity contribution in [2.24, 2.45) is 0 Å². The van der Waals surface area contributed by atoms with Gasteiger partial charge in [-0.3, -0.25) is 9.59 Å². The van der Waals surface area contributed by atoms with Gasteiger partial charge in [0, 0.05) is 18.8 Å². The molecular formula is C17H19NO5. The van der Waals surface area contributed by atoms with Crippen molar-refractivity contribution in [3.05, 3.63) is 29.8 Å². The maximum atomic E-state index is 12.4. The minimum Gasteiger partial charge on any atom is -0.481 e. The van der Waals surface area contributed by atoms with Crippen LogP contribution in [0.25, 0.3) is 0 Å². The first-order valence-corrected chi connectivity index (χ1v) is 7.33. The number of aliphatic carboxylic acids is 1. The monoisotopic (exact) mass is 317 g/mol. The number of rotatable bonds is 6. The molecule has 1 aliphatic rings. The van der Waals surface area contributed by atoms with Crippen molar-refractivity contribution in [3.8, 4) is 18.1 Å². The Morgan fingerprint density at radius 3 is 2.52 bits per heavy atom. The molecule has 0 spiro atoms. The molecule has 23 heavy (non-hydrogen) atoms. The Labute approximate surface area is 134 Å². The standard InChI is InChI=1S/C17H19NO5/c1-2-9-23-14-5-3-13(4-6-14)16(21)18-17(12-15(19)20)7-10-22-11-8-17/h1,3-6H,7-12H2,(H,18,21)(H,19,20). The molecule has 6 heteroatoms. The average Bonchev–Trinajstić information content (AvgIpc) is 2.53. The van der Waals surface area contributed by atoms with E-state index in [2.05, 4.69) is 11.2 Å². The molecule has 1 aromatic rings. The molecule has 0 radical (unpaired) electrons. The molecule has 1 aliphatic heterocycles. The Morgan fingerprint density at radius 1 is 1.30 bits per heavy atom. The lowest BCUT2D eigenvalue weighted by molar-refractivity contribution is -0.139. The Kier molecular flexibility index (Phi) is 5.61. The summed E-state index contributed by atoms with van der Waals surface area (Å²) in [6.07, 6.45) is 5.96. The predicted octanol–water partition coefficient (Wildman–Crippen LogP) is 1.45. The van der Waals surface area contributed by atoms with Gasteiger partial charge < -0.3 is 19.9 Å². The van der Waals surface area contributed by atoms with Crippen molar-refractivity contribution in [1.29, 1.82) is 0 Å². The summed E-state index contributed by atoms with van der Waals surface area (Å²) < 4.78 is 10.5. The molecule has 1 saturated heterocycles. The third-order valence-electron chi connectivity index (χ3n) is 3.76. The van der Waals surface area contributed by atoms with Crippen LogP contribution in [-0.4, -0.2) is 42.3 Å². The molecule has 2 rings (SSSR count). The second kappa shape index (κ2) is 7.65. The number of amides is 1. The van der Waals surface area contributed by atoms with E-state index >= 15 is 0 Å². The largest absolute Gasteiger partial charge is 0.481 e. The van der Waals surface area contributed by atoms with E-state index in [0.29, 0.717) is 37.4 Å². The van der Waals surface area contributed by atoms with Crippen LogP contribution in [-0.2, 0) is 9.53 Å². The number of ether oxygens (including phenoxy) is 2. The summed E-state index contributed by atoms with van der Waals surface area (Å²) in [6, 6.07) is 6.55. The van der Waals surface area contributed by atoms with Gasteiger partial charge in [-0.2, -0.15) is 0 Å². The van der Waals surface area contributed by atoms with Gasteiger partial charge in [-0.25, -0.2) is 0 Å². The number of terminal acetylenes is 1. The number of carbonyl (C=O) groups excluding carboxylic acids is 1. The lowest BCUT2D eigenvalue weighted by atomic mass is 9.86. The zero-order chi connectivity index (χ0) is 16.7. The number of hydrogen-bond donors (Lipinski definition) is 2. The highest BCUT2D eigenvalue weighted by Crippen LogP contribution is 2.25. The smallest absolute Gasteiger partial charge is 0.305 e. The highest BCUT2D eigenvalue weighted by atomic mass is 16.5. The fourth-order valence-electron chi connectivity index (χ4n) is 2.54. The molecule has 122 valence electrons. The lowest BCUT2D eigenvalue weighted by Gasteiger charge is -2.36. The van der Waals surface area contributed by atoms with Gasteiger partial charge in [0.1, 0.15) is 12.4 Å². The van der Waals surface area contributed by atoms with Gasteiger partial charge >= 0.3 is 5.97 Å². The maximum Gasteiger partial charge on any atom is 0.305 e. The lowest BCUT2D eigenvalue weighted by Crippen LogP contribution is -2.53. The van der Waals surface area contributed by atoms with Gasteiger partial charge in [0.25, 0.3) is 5.91 Å². The number of carbonyl (C=O) groups is 2. The van der Waals surface area contributed by atoms with E-state index in [1.807, 2.05) is 0 Å². The Morgan fingerprint density at radius 2 is 1.96 bits per heavy atom. The van der Waals surface area contributed by atoms with Crippen LogP contribution in [0.4, 0.5) is 0 Å². The predicted molar refractivity (Wildman–Crippen MR) is 83.3 cm³/mol. The molecule has 1 aromatic carbocycles. The molecule has 1 heterocycles. The molecule has 1 amide bonds. The van der Waals surface area contributed by atoms with Crippen molar-refractivity contribution < 1.29 is 24.2 Å². The van der Waals surface area contributed by atoms with Crippen LogP contribution in [0.3, 0.4) is 0 Å². The van der Waals surface area contributed by atoms with Crippen molar-refractivity contribution >= 4 is 11.9 Å². The van der Waals surface area contributed by atoms with Gasteiger partial charge in [-0.15, -0.1) is 6.42 Å². The van der Waals surface area contributed by atoms with E-state index < -0.39 is 11.5 Å². The summed E-state index contributed by atoms with van der Waals surface area (Å²) in [7, 11) is 0. The highest BCUT2D eigenvalue weighted by molar-refractivity contribution is 5.95. The average molecular weight is 317 g/mol. The first-order chi connectivity index (χ1) is 11.0. The van der Waals surface area contributed by atoms with Gasteiger partial charge in [-0.05, 0) is 37.1 Å². The first-order valence-electron chi connectivity index (χ1n) is 7.33. The van der Waals surface area contributed by atoms with Gasteiger partial charge in [-0.1, -0.05) is 5.92 Å². The maximum absolute atomic E-state index is 12.4. The Balaban J connectivity index is 2.06. The normalized spacial score (nSPS) is 16.1. The molecule has 6 nitrogen and oxygen atoms in total. The Hall–Kier alpha value is -2.52. The zero-order valence-corrected chi connectivity index (χ0v) is 12.7. The molecular weight excluding hydrogens is 298 g/mol. The molecule has 0 bridgehead atoms. The number of carboxylic acids is 1. The van der Waals surface area contributed by atoms with Crippen LogP contribution in [0.5, 0.6) is 5.75 Å². The van der Waals surface area contributed by atoms with E-state index in [1.165, 1.54) is 0 Å². The fourth-order valence-corrected chi connectivity index (χ4v) is 2.54. The summed E-state index contributed by atoms with van der Waals surface area (Å²) >= 11 is 0. The van der Waals surface area contributed by atoms with Crippen LogP contribution >= 0.6 is 0 Å². The summed E-state index contributed by atoms with van der Waals surface area (Å²) in [5, 5.41) is 12.0. The third-order valence-corrected chi connectivity index (χ3v) is 3.76. The number of carboxylic acid groups (broad SMARTS) is 1.